The van der Waals surface area contributed by atoms with Crippen molar-refractivity contribution < 1.29 is 4.79 Å². The SMILES string of the molecule is CC12CCN(C(=O)Cn3cnc4ccccc43)C1N(Cc1ccccc1)c1ccccc12. The number of nitrogens with zero attached hydrogens (tertiary/aromatic N) is 4. The summed E-state index contributed by atoms with van der Waals surface area (Å²) >= 11 is 0. The maximum absolute atomic E-state index is 13.6. The van der Waals surface area contributed by atoms with Crippen molar-refractivity contribution in [2.75, 3.05) is 11.4 Å². The van der Waals surface area contributed by atoms with Crippen molar-refractivity contribution in [3.63, 3.8) is 0 Å². The Morgan fingerprint density at radius 2 is 1.75 bits per heavy atom. The summed E-state index contributed by atoms with van der Waals surface area (Å²) in [6, 6.07) is 27.2. The molecule has 2 unspecified atom stereocenters. The molecule has 32 heavy (non-hydrogen) atoms. The second-order valence-corrected chi connectivity index (χ2v) is 9.12. The maximum Gasteiger partial charge on any atom is 0.244 e. The van der Waals surface area contributed by atoms with Crippen molar-refractivity contribution in [1.82, 2.24) is 14.5 Å². The summed E-state index contributed by atoms with van der Waals surface area (Å²) in [6.45, 7) is 4.19. The largest absolute Gasteiger partial charge is 0.346 e. The Balaban J connectivity index is 1.35. The minimum atomic E-state index is -0.0714. The monoisotopic (exact) mass is 422 g/mol. The van der Waals surface area contributed by atoms with Crippen molar-refractivity contribution >= 4 is 22.6 Å². The summed E-state index contributed by atoms with van der Waals surface area (Å²) < 4.78 is 1.97. The topological polar surface area (TPSA) is 41.4 Å². The van der Waals surface area contributed by atoms with E-state index in [-0.39, 0.29) is 17.5 Å². The Bertz CT molecular complexity index is 1300. The zero-order valence-corrected chi connectivity index (χ0v) is 18.2. The number of amides is 1. The van der Waals surface area contributed by atoms with Crippen LogP contribution in [0.5, 0.6) is 0 Å². The fourth-order valence-corrected chi connectivity index (χ4v) is 5.66. The normalized spacial score (nSPS) is 21.7. The van der Waals surface area contributed by atoms with Crippen LogP contribution in [0.3, 0.4) is 0 Å². The molecule has 2 aliphatic heterocycles. The average molecular weight is 423 g/mol. The van der Waals surface area contributed by atoms with Gasteiger partial charge in [0.25, 0.3) is 0 Å². The maximum atomic E-state index is 13.6. The van der Waals surface area contributed by atoms with Crippen molar-refractivity contribution in [3.05, 3.63) is 96.3 Å². The zero-order valence-electron chi connectivity index (χ0n) is 18.2. The zero-order chi connectivity index (χ0) is 21.7. The molecule has 160 valence electrons. The Labute approximate surface area is 187 Å². The number of benzene rings is 3. The van der Waals surface area contributed by atoms with E-state index in [4.69, 9.17) is 0 Å². The quantitative estimate of drug-likeness (QED) is 0.484. The van der Waals surface area contributed by atoms with Crippen LogP contribution >= 0.6 is 0 Å². The fourth-order valence-electron chi connectivity index (χ4n) is 5.66. The van der Waals surface area contributed by atoms with E-state index in [0.717, 1.165) is 30.5 Å². The first-order valence-electron chi connectivity index (χ1n) is 11.2. The van der Waals surface area contributed by atoms with Gasteiger partial charge >= 0.3 is 0 Å². The molecule has 6 rings (SSSR count). The van der Waals surface area contributed by atoms with Gasteiger partial charge in [0, 0.05) is 24.2 Å². The second kappa shape index (κ2) is 7.23. The molecule has 3 aromatic carbocycles. The van der Waals surface area contributed by atoms with E-state index < -0.39 is 0 Å². The predicted molar refractivity (Wildman–Crippen MR) is 126 cm³/mol. The van der Waals surface area contributed by atoms with E-state index in [1.807, 2.05) is 34.9 Å². The molecule has 0 aliphatic carbocycles. The molecule has 0 N–H and O–H groups in total. The predicted octanol–water partition coefficient (Wildman–Crippen LogP) is 4.57. The molecule has 1 saturated heterocycles. The highest BCUT2D eigenvalue weighted by atomic mass is 16.2. The number of anilines is 1. The van der Waals surface area contributed by atoms with Crippen LogP contribution < -0.4 is 4.90 Å². The molecular weight excluding hydrogens is 396 g/mol. The van der Waals surface area contributed by atoms with Gasteiger partial charge in [0.2, 0.25) is 5.91 Å². The lowest BCUT2D eigenvalue weighted by atomic mass is 9.81. The van der Waals surface area contributed by atoms with Crippen LogP contribution in [0, 0.1) is 0 Å². The molecule has 0 radical (unpaired) electrons. The molecule has 0 bridgehead atoms. The van der Waals surface area contributed by atoms with Gasteiger partial charge in [-0.3, -0.25) is 4.79 Å². The number of para-hydroxylation sites is 3. The number of carbonyl (C=O) groups excluding carboxylic acids is 1. The Kier molecular flexibility index (Phi) is 4.32. The third-order valence-electron chi connectivity index (χ3n) is 7.21. The molecule has 4 aromatic rings. The van der Waals surface area contributed by atoms with Crippen molar-refractivity contribution in [1.29, 1.82) is 0 Å². The Morgan fingerprint density at radius 1 is 1.00 bits per heavy atom. The number of imidazole rings is 1. The molecule has 0 saturated carbocycles. The number of fused-ring (bicyclic) bond motifs is 4. The molecule has 5 nitrogen and oxygen atoms in total. The van der Waals surface area contributed by atoms with Crippen molar-refractivity contribution in [3.8, 4) is 0 Å². The molecular formula is C27H26N4O. The lowest BCUT2D eigenvalue weighted by Gasteiger charge is -2.37. The van der Waals surface area contributed by atoms with Crippen molar-refractivity contribution in [2.24, 2.45) is 0 Å². The van der Waals surface area contributed by atoms with Gasteiger partial charge in [0.1, 0.15) is 12.7 Å². The van der Waals surface area contributed by atoms with Crippen LogP contribution in [0.15, 0.2) is 85.2 Å². The van der Waals surface area contributed by atoms with Crippen molar-refractivity contribution in [2.45, 2.75) is 38.0 Å². The van der Waals surface area contributed by atoms with E-state index in [9.17, 15) is 4.79 Å². The number of carbonyl (C=O) groups is 1. The van der Waals surface area contributed by atoms with E-state index >= 15 is 0 Å². The van der Waals surface area contributed by atoms with Gasteiger partial charge in [-0.25, -0.2) is 4.98 Å². The average Bonchev–Trinajstić information content (AvgIpc) is 3.46. The van der Waals surface area contributed by atoms with Gasteiger partial charge in [-0.1, -0.05) is 67.6 Å². The lowest BCUT2D eigenvalue weighted by molar-refractivity contribution is -0.133. The smallest absolute Gasteiger partial charge is 0.244 e. The Hall–Kier alpha value is -3.60. The molecule has 3 heterocycles. The van der Waals surface area contributed by atoms with Gasteiger partial charge in [-0.05, 0) is 35.7 Å². The van der Waals surface area contributed by atoms with Gasteiger partial charge in [0.15, 0.2) is 0 Å². The fraction of sp³-hybridized carbons (Fsp3) is 0.259. The summed E-state index contributed by atoms with van der Waals surface area (Å²) in [5.74, 6) is 0.146. The Morgan fingerprint density at radius 3 is 2.62 bits per heavy atom. The van der Waals surface area contributed by atoms with Crippen LogP contribution in [0.4, 0.5) is 5.69 Å². The molecule has 2 aliphatic rings. The van der Waals surface area contributed by atoms with E-state index in [2.05, 4.69) is 70.2 Å². The standard InChI is InChI=1S/C27H26N4O/c1-27-15-16-30(25(32)18-29-19-28-22-12-6-8-14-24(22)29)26(27)31(17-20-9-3-2-4-10-20)23-13-7-5-11-21(23)27/h2-14,19,26H,15-18H2,1H3. The van der Waals surface area contributed by atoms with E-state index in [1.54, 1.807) is 6.33 Å². The van der Waals surface area contributed by atoms with E-state index in [0.29, 0.717) is 6.54 Å². The second-order valence-electron chi connectivity index (χ2n) is 9.12. The molecule has 0 spiro atoms. The molecule has 1 fully saturated rings. The lowest BCUT2D eigenvalue weighted by Crippen LogP contribution is -2.51. The van der Waals surface area contributed by atoms with Crippen LogP contribution in [0.25, 0.3) is 11.0 Å². The highest BCUT2D eigenvalue weighted by molar-refractivity contribution is 5.82. The molecule has 2 atom stereocenters. The first-order valence-corrected chi connectivity index (χ1v) is 11.2. The number of hydrogen-bond acceptors (Lipinski definition) is 3. The highest BCUT2D eigenvalue weighted by Gasteiger charge is 2.55. The summed E-state index contributed by atoms with van der Waals surface area (Å²) in [7, 11) is 0. The first kappa shape index (κ1) is 19.1. The number of rotatable bonds is 4. The van der Waals surface area contributed by atoms with Crippen LogP contribution in [0.1, 0.15) is 24.5 Å². The summed E-state index contributed by atoms with van der Waals surface area (Å²) in [5.41, 5.74) is 5.70. The third kappa shape index (κ3) is 2.84. The molecule has 5 heteroatoms. The third-order valence-corrected chi connectivity index (χ3v) is 7.21. The van der Waals surface area contributed by atoms with Crippen LogP contribution in [0.2, 0.25) is 0 Å². The van der Waals surface area contributed by atoms with Crippen LogP contribution in [-0.2, 0) is 23.3 Å². The van der Waals surface area contributed by atoms with Gasteiger partial charge in [-0.2, -0.15) is 0 Å². The minimum absolute atomic E-state index is 0.0161. The summed E-state index contributed by atoms with van der Waals surface area (Å²) in [6.07, 6.45) is 2.77. The number of aromatic nitrogens is 2. The van der Waals surface area contributed by atoms with Crippen LogP contribution in [-0.4, -0.2) is 33.1 Å². The molecule has 1 amide bonds. The first-order chi connectivity index (χ1) is 15.6. The van der Waals surface area contributed by atoms with Gasteiger partial charge in [0.05, 0.1) is 17.4 Å². The van der Waals surface area contributed by atoms with Gasteiger partial charge in [-0.15, -0.1) is 0 Å². The summed E-state index contributed by atoms with van der Waals surface area (Å²) in [5, 5.41) is 0. The molecule has 1 aromatic heterocycles. The highest BCUT2D eigenvalue weighted by Crippen LogP contribution is 2.52. The summed E-state index contributed by atoms with van der Waals surface area (Å²) in [4.78, 5) is 22.6. The number of hydrogen-bond donors (Lipinski definition) is 0. The van der Waals surface area contributed by atoms with E-state index in [1.165, 1.54) is 16.8 Å². The van der Waals surface area contributed by atoms with Gasteiger partial charge < -0.3 is 14.4 Å². The number of likely N-dealkylation sites (tertiary alicyclic amines) is 1. The minimum Gasteiger partial charge on any atom is -0.346 e.